The van der Waals surface area contributed by atoms with E-state index < -0.39 is 83.6 Å². The van der Waals surface area contributed by atoms with Gasteiger partial charge >= 0.3 is 12.1 Å². The number of esters is 1. The molecule has 0 aliphatic heterocycles. The Hall–Kier alpha value is -4.10. The van der Waals surface area contributed by atoms with E-state index in [4.69, 9.17) is 21.1 Å². The van der Waals surface area contributed by atoms with Gasteiger partial charge in [0.25, 0.3) is 0 Å². The minimum absolute atomic E-state index is 0.117. The minimum atomic E-state index is -5.19. The van der Waals surface area contributed by atoms with Crippen molar-refractivity contribution in [2.24, 2.45) is 17.8 Å². The standard InChI is InChI=1S/C36H38ClF4NO7S/c1-20(2)26(33(46)36(39,40)41)18-28(44)32(22-9-11-25(12-10-22)48-19-31(45)49-35(3,4)5)42-34(47)23(15-21-7-6-8-24(38)16-21)17-27(43)29-13-14-30(37)50-29/h6-14,16,20,23,26,32H,15,17-19H2,1-5H3,(H,42,47)/t23-,26+,32+/m1/s1. The van der Waals surface area contributed by atoms with Crippen molar-refractivity contribution >= 4 is 52.2 Å². The number of ketones is 3. The van der Waals surface area contributed by atoms with Crippen LogP contribution in [0.3, 0.4) is 0 Å². The molecule has 3 rings (SSSR count). The number of Topliss-reactive ketones (excluding diaryl/α,β-unsaturated/α-hetero) is 3. The predicted molar refractivity (Wildman–Crippen MR) is 180 cm³/mol. The summed E-state index contributed by atoms with van der Waals surface area (Å²) in [5.74, 6) is -8.98. The Labute approximate surface area is 296 Å². The van der Waals surface area contributed by atoms with E-state index >= 15 is 0 Å². The van der Waals surface area contributed by atoms with Crippen molar-refractivity contribution in [2.45, 2.75) is 71.7 Å². The topological polar surface area (TPSA) is 116 Å². The first-order valence-electron chi connectivity index (χ1n) is 15.6. The molecule has 0 bridgehead atoms. The predicted octanol–water partition coefficient (Wildman–Crippen LogP) is 7.91. The highest BCUT2D eigenvalue weighted by molar-refractivity contribution is 7.18. The van der Waals surface area contributed by atoms with E-state index in [-0.39, 0.29) is 29.0 Å². The van der Waals surface area contributed by atoms with Crippen molar-refractivity contribution in [3.05, 3.63) is 86.8 Å². The number of ether oxygens (including phenoxy) is 2. The molecule has 1 amide bonds. The summed E-state index contributed by atoms with van der Waals surface area (Å²) in [6, 6.07) is 12.4. The molecule has 2 aromatic carbocycles. The lowest BCUT2D eigenvalue weighted by atomic mass is 9.84. The van der Waals surface area contributed by atoms with Gasteiger partial charge in [-0.1, -0.05) is 49.7 Å². The summed E-state index contributed by atoms with van der Waals surface area (Å²) in [6.07, 6.45) is -6.52. The van der Waals surface area contributed by atoms with Crippen LogP contribution in [0.1, 0.15) is 74.3 Å². The van der Waals surface area contributed by atoms with Crippen LogP contribution in [0.25, 0.3) is 0 Å². The molecule has 3 atom stereocenters. The summed E-state index contributed by atoms with van der Waals surface area (Å²) in [5.41, 5.74) is -0.228. The number of carbonyl (C=O) groups is 5. The van der Waals surface area contributed by atoms with Crippen LogP contribution in [-0.2, 0) is 30.3 Å². The van der Waals surface area contributed by atoms with Gasteiger partial charge < -0.3 is 14.8 Å². The van der Waals surface area contributed by atoms with E-state index in [1.54, 1.807) is 26.8 Å². The highest BCUT2D eigenvalue weighted by Crippen LogP contribution is 2.31. The van der Waals surface area contributed by atoms with E-state index in [1.165, 1.54) is 68.4 Å². The SMILES string of the molecule is CC(C)[C@H](CC(=O)[C@@H](NC(=O)[C@@H](CC(=O)c1ccc(Cl)s1)Cc1cccc(F)c1)c1ccc(OCC(=O)OC(C)(C)C)cc1)C(=O)C(F)(F)F. The lowest BCUT2D eigenvalue weighted by Crippen LogP contribution is -2.41. The molecule has 0 fully saturated rings. The van der Waals surface area contributed by atoms with Crippen molar-refractivity contribution in [1.82, 2.24) is 5.32 Å². The Kier molecular flexibility index (Phi) is 13.9. The van der Waals surface area contributed by atoms with E-state index in [2.05, 4.69) is 5.32 Å². The zero-order valence-corrected chi connectivity index (χ0v) is 29.6. The molecule has 1 heterocycles. The fourth-order valence-corrected chi connectivity index (χ4v) is 6.04. The first-order chi connectivity index (χ1) is 23.2. The van der Waals surface area contributed by atoms with E-state index in [9.17, 15) is 41.5 Å². The smallest absolute Gasteiger partial charge is 0.450 e. The molecule has 0 saturated carbocycles. The van der Waals surface area contributed by atoms with Crippen LogP contribution in [0, 0.1) is 23.6 Å². The second-order valence-electron chi connectivity index (χ2n) is 13.0. The maximum absolute atomic E-state index is 14.1. The Bertz CT molecular complexity index is 1680. The second-order valence-corrected chi connectivity index (χ2v) is 14.7. The summed E-state index contributed by atoms with van der Waals surface area (Å²) in [6.45, 7) is 7.39. The zero-order chi connectivity index (χ0) is 37.4. The van der Waals surface area contributed by atoms with Crippen molar-refractivity contribution in [1.29, 1.82) is 0 Å². The number of alkyl halides is 3. The number of rotatable bonds is 16. The number of halogens is 5. The minimum Gasteiger partial charge on any atom is -0.482 e. The molecule has 50 heavy (non-hydrogen) atoms. The molecule has 0 aliphatic rings. The number of amides is 1. The molecular weight excluding hydrogens is 702 g/mol. The van der Waals surface area contributed by atoms with Gasteiger partial charge in [-0.3, -0.25) is 19.2 Å². The summed E-state index contributed by atoms with van der Waals surface area (Å²) in [4.78, 5) is 65.5. The third kappa shape index (κ3) is 12.3. The van der Waals surface area contributed by atoms with Crippen molar-refractivity contribution < 1.29 is 51.0 Å². The molecule has 0 radical (unpaired) electrons. The lowest BCUT2D eigenvalue weighted by Gasteiger charge is -2.26. The maximum Gasteiger partial charge on any atom is 0.450 e. The van der Waals surface area contributed by atoms with Crippen LogP contribution in [-0.4, -0.2) is 47.6 Å². The van der Waals surface area contributed by atoms with Crippen LogP contribution in [0.2, 0.25) is 4.34 Å². The summed E-state index contributed by atoms with van der Waals surface area (Å²) in [7, 11) is 0. The number of carbonyl (C=O) groups excluding carboxylic acids is 5. The van der Waals surface area contributed by atoms with Gasteiger partial charge in [0, 0.05) is 24.7 Å². The number of nitrogens with one attached hydrogen (secondary N) is 1. The van der Waals surface area contributed by atoms with Gasteiger partial charge in [0.05, 0.1) is 9.21 Å². The highest BCUT2D eigenvalue weighted by Gasteiger charge is 2.45. The molecule has 1 N–H and O–H groups in total. The first-order valence-corrected chi connectivity index (χ1v) is 16.8. The molecular formula is C36H38ClF4NO7S. The Morgan fingerprint density at radius 2 is 1.58 bits per heavy atom. The number of hydrogen-bond acceptors (Lipinski definition) is 8. The van der Waals surface area contributed by atoms with Crippen LogP contribution in [0.4, 0.5) is 17.6 Å². The second kappa shape index (κ2) is 17.2. The number of benzene rings is 2. The normalized spacial score (nSPS) is 13.7. The highest BCUT2D eigenvalue weighted by atomic mass is 35.5. The first kappa shape index (κ1) is 40.3. The molecule has 8 nitrogen and oxygen atoms in total. The van der Waals surface area contributed by atoms with Crippen molar-refractivity contribution in [3.63, 3.8) is 0 Å². The van der Waals surface area contributed by atoms with Crippen LogP contribution in [0.15, 0.2) is 60.7 Å². The van der Waals surface area contributed by atoms with Gasteiger partial charge in [0.15, 0.2) is 18.2 Å². The van der Waals surface area contributed by atoms with E-state index in [0.717, 1.165) is 11.3 Å². The van der Waals surface area contributed by atoms with Crippen LogP contribution in [0.5, 0.6) is 5.75 Å². The Morgan fingerprint density at radius 3 is 2.12 bits per heavy atom. The zero-order valence-electron chi connectivity index (χ0n) is 28.1. The molecule has 0 spiro atoms. The van der Waals surface area contributed by atoms with Gasteiger partial charge in [-0.15, -0.1) is 11.3 Å². The van der Waals surface area contributed by atoms with Crippen LogP contribution < -0.4 is 10.1 Å². The van der Waals surface area contributed by atoms with Gasteiger partial charge in [-0.05, 0) is 80.6 Å². The summed E-state index contributed by atoms with van der Waals surface area (Å²) >= 11 is 6.99. The van der Waals surface area contributed by atoms with Gasteiger partial charge in [-0.2, -0.15) is 13.2 Å². The monoisotopic (exact) mass is 739 g/mol. The summed E-state index contributed by atoms with van der Waals surface area (Å²) < 4.78 is 65.5. The largest absolute Gasteiger partial charge is 0.482 e. The van der Waals surface area contributed by atoms with E-state index in [0.29, 0.717) is 9.90 Å². The molecule has 0 aliphatic carbocycles. The third-order valence-electron chi connectivity index (χ3n) is 7.46. The van der Waals surface area contributed by atoms with Crippen LogP contribution >= 0.6 is 22.9 Å². The van der Waals surface area contributed by atoms with Gasteiger partial charge in [-0.25, -0.2) is 9.18 Å². The van der Waals surface area contributed by atoms with Crippen molar-refractivity contribution in [2.75, 3.05) is 6.61 Å². The maximum atomic E-state index is 14.1. The van der Waals surface area contributed by atoms with Gasteiger partial charge in [0.1, 0.15) is 23.2 Å². The lowest BCUT2D eigenvalue weighted by molar-refractivity contribution is -0.177. The molecule has 0 saturated heterocycles. The van der Waals surface area contributed by atoms with Crippen molar-refractivity contribution in [3.8, 4) is 5.75 Å². The molecule has 14 heteroatoms. The quantitative estimate of drug-likeness (QED) is 0.0902. The number of hydrogen-bond donors (Lipinski definition) is 1. The fourth-order valence-electron chi connectivity index (χ4n) is 5.05. The average Bonchev–Trinajstić information content (AvgIpc) is 3.46. The Balaban J connectivity index is 1.95. The number of thiophene rings is 1. The third-order valence-corrected chi connectivity index (χ3v) is 8.73. The molecule has 270 valence electrons. The summed E-state index contributed by atoms with van der Waals surface area (Å²) in [5, 5.41) is 2.58. The Morgan fingerprint density at radius 1 is 0.920 bits per heavy atom. The fraction of sp³-hybridized carbons (Fsp3) is 0.417. The molecule has 3 aromatic rings. The van der Waals surface area contributed by atoms with E-state index in [1.807, 2.05) is 0 Å². The molecule has 0 unspecified atom stereocenters. The van der Waals surface area contributed by atoms with Gasteiger partial charge in [0.2, 0.25) is 11.7 Å². The molecule has 1 aromatic heterocycles. The average molecular weight is 740 g/mol.